The molecule has 1 aromatic heterocycles. The molecule has 5 nitrogen and oxygen atoms in total. The molecule has 1 amide bonds. The smallest absolute Gasteiger partial charge is 0.351 e. The lowest BCUT2D eigenvalue weighted by Crippen LogP contribution is -2.32. The Bertz CT molecular complexity index is 698. The molecule has 0 spiro atoms. The Morgan fingerprint density at radius 2 is 1.84 bits per heavy atom. The molecule has 0 aliphatic heterocycles. The van der Waals surface area contributed by atoms with Gasteiger partial charge in [-0.15, -0.1) is 12.4 Å². The van der Waals surface area contributed by atoms with Gasteiger partial charge in [-0.05, 0) is 25.6 Å². The number of nitrogens with zero attached hydrogens (tertiary/aromatic N) is 2. The van der Waals surface area contributed by atoms with Gasteiger partial charge in [-0.3, -0.25) is 4.79 Å². The highest BCUT2D eigenvalue weighted by molar-refractivity contribution is 5.95. The van der Waals surface area contributed by atoms with Crippen molar-refractivity contribution >= 4 is 18.3 Å². The van der Waals surface area contributed by atoms with Crippen molar-refractivity contribution in [3.63, 3.8) is 0 Å². The number of nitrogens with one attached hydrogen (secondary N) is 2. The van der Waals surface area contributed by atoms with Gasteiger partial charge in [0, 0.05) is 13.1 Å². The van der Waals surface area contributed by atoms with Crippen molar-refractivity contribution in [3.05, 3.63) is 47.3 Å². The molecule has 25 heavy (non-hydrogen) atoms. The molecule has 138 valence electrons. The highest BCUT2D eigenvalue weighted by Crippen LogP contribution is 2.33. The highest BCUT2D eigenvalue weighted by Gasteiger charge is 2.40. The molecule has 2 aromatic rings. The molecule has 0 atom stereocenters. The van der Waals surface area contributed by atoms with E-state index in [0.29, 0.717) is 6.54 Å². The van der Waals surface area contributed by atoms with Crippen molar-refractivity contribution in [2.24, 2.45) is 0 Å². The first kappa shape index (κ1) is 21.0. The number of carbonyl (C=O) groups is 1. The molecule has 0 bridgehead atoms. The topological polar surface area (TPSA) is 58.9 Å². The first-order valence-electron chi connectivity index (χ1n) is 7.55. The van der Waals surface area contributed by atoms with Gasteiger partial charge < -0.3 is 10.6 Å². The zero-order valence-electron chi connectivity index (χ0n) is 13.9. The zero-order valence-corrected chi connectivity index (χ0v) is 14.7. The maximum atomic E-state index is 13.5. The van der Waals surface area contributed by atoms with Crippen LogP contribution in [0, 0.1) is 6.92 Å². The average Bonchev–Trinajstić information content (AvgIpc) is 2.97. The standard InChI is InChI=1S/C16H19F3N4O.ClH/c1-3-20-8-9-21-15(24)13-10-22-23(14(13)16(17,18)19)12-6-4-11(2)5-7-12;/h4-7,10,20H,3,8-9H2,1-2H3,(H,21,24);1H. The Balaban J connectivity index is 0.00000312. The van der Waals surface area contributed by atoms with Crippen molar-refractivity contribution in [1.82, 2.24) is 20.4 Å². The van der Waals surface area contributed by atoms with Crippen LogP contribution in [0.3, 0.4) is 0 Å². The molecule has 0 unspecified atom stereocenters. The predicted molar refractivity (Wildman–Crippen MR) is 91.4 cm³/mol. The molecule has 2 rings (SSSR count). The first-order valence-corrected chi connectivity index (χ1v) is 7.55. The van der Waals surface area contributed by atoms with Crippen LogP contribution in [0.1, 0.15) is 28.5 Å². The Kier molecular flexibility index (Phi) is 7.44. The quantitative estimate of drug-likeness (QED) is 0.762. The van der Waals surface area contributed by atoms with Crippen LogP contribution in [0.2, 0.25) is 0 Å². The summed E-state index contributed by atoms with van der Waals surface area (Å²) in [7, 11) is 0. The second-order valence-corrected chi connectivity index (χ2v) is 5.26. The van der Waals surface area contributed by atoms with Crippen LogP contribution in [-0.2, 0) is 6.18 Å². The summed E-state index contributed by atoms with van der Waals surface area (Å²) in [5.41, 5.74) is -0.396. The van der Waals surface area contributed by atoms with Crippen LogP contribution in [0.15, 0.2) is 30.5 Å². The summed E-state index contributed by atoms with van der Waals surface area (Å²) in [6, 6.07) is 6.44. The minimum Gasteiger partial charge on any atom is -0.351 e. The number of alkyl halides is 3. The second-order valence-electron chi connectivity index (χ2n) is 5.26. The number of carbonyl (C=O) groups excluding carboxylic acids is 1. The molecule has 0 aliphatic carbocycles. The largest absolute Gasteiger partial charge is 0.434 e. The third kappa shape index (κ3) is 5.20. The third-order valence-electron chi connectivity index (χ3n) is 3.40. The maximum Gasteiger partial charge on any atom is 0.434 e. The van der Waals surface area contributed by atoms with Gasteiger partial charge >= 0.3 is 6.18 Å². The normalized spacial score (nSPS) is 11.1. The lowest BCUT2D eigenvalue weighted by Gasteiger charge is -2.13. The van der Waals surface area contributed by atoms with E-state index in [0.717, 1.165) is 23.0 Å². The minimum absolute atomic E-state index is 0. The van der Waals surface area contributed by atoms with Crippen molar-refractivity contribution in [2.45, 2.75) is 20.0 Å². The van der Waals surface area contributed by atoms with Gasteiger partial charge in [-0.2, -0.15) is 18.3 Å². The summed E-state index contributed by atoms with van der Waals surface area (Å²) in [6.45, 7) is 5.17. The van der Waals surface area contributed by atoms with Crippen LogP contribution < -0.4 is 10.6 Å². The van der Waals surface area contributed by atoms with Crippen molar-refractivity contribution in [1.29, 1.82) is 0 Å². The Morgan fingerprint density at radius 1 is 1.20 bits per heavy atom. The fourth-order valence-corrected chi connectivity index (χ4v) is 2.21. The zero-order chi connectivity index (χ0) is 17.7. The summed E-state index contributed by atoms with van der Waals surface area (Å²) in [4.78, 5) is 12.1. The lowest BCUT2D eigenvalue weighted by atomic mass is 10.2. The van der Waals surface area contributed by atoms with E-state index in [9.17, 15) is 18.0 Å². The lowest BCUT2D eigenvalue weighted by molar-refractivity contribution is -0.143. The SMILES string of the molecule is CCNCCNC(=O)c1cnn(-c2ccc(C)cc2)c1C(F)(F)F.Cl. The predicted octanol–water partition coefficient (Wildman–Crippen LogP) is 2.96. The number of hydrogen-bond acceptors (Lipinski definition) is 3. The van der Waals surface area contributed by atoms with E-state index in [2.05, 4.69) is 15.7 Å². The van der Waals surface area contributed by atoms with E-state index in [4.69, 9.17) is 0 Å². The molecule has 9 heteroatoms. The van der Waals surface area contributed by atoms with Crippen LogP contribution in [0.4, 0.5) is 13.2 Å². The molecule has 0 saturated carbocycles. The monoisotopic (exact) mass is 376 g/mol. The summed E-state index contributed by atoms with van der Waals surface area (Å²) in [6.07, 6.45) is -3.75. The second kappa shape index (κ2) is 8.87. The number of amides is 1. The molecular weight excluding hydrogens is 357 g/mol. The number of aromatic nitrogens is 2. The molecule has 0 saturated heterocycles. The van der Waals surface area contributed by atoms with E-state index in [1.807, 2.05) is 13.8 Å². The van der Waals surface area contributed by atoms with Crippen LogP contribution in [0.25, 0.3) is 5.69 Å². The summed E-state index contributed by atoms with van der Waals surface area (Å²) >= 11 is 0. The van der Waals surface area contributed by atoms with Crippen LogP contribution in [-0.4, -0.2) is 35.3 Å². The molecule has 0 radical (unpaired) electrons. The van der Waals surface area contributed by atoms with E-state index in [1.54, 1.807) is 12.1 Å². The Morgan fingerprint density at radius 3 is 2.40 bits per heavy atom. The van der Waals surface area contributed by atoms with Crippen molar-refractivity contribution in [2.75, 3.05) is 19.6 Å². The number of aryl methyl sites for hydroxylation is 1. The van der Waals surface area contributed by atoms with Crippen LogP contribution >= 0.6 is 12.4 Å². The number of likely N-dealkylation sites (N-methyl/N-ethyl adjacent to an activating group) is 1. The minimum atomic E-state index is -4.70. The number of rotatable bonds is 6. The highest BCUT2D eigenvalue weighted by atomic mass is 35.5. The maximum absolute atomic E-state index is 13.5. The summed E-state index contributed by atoms with van der Waals surface area (Å²) < 4.78 is 41.1. The van der Waals surface area contributed by atoms with E-state index >= 15 is 0 Å². The van der Waals surface area contributed by atoms with Crippen LogP contribution in [0.5, 0.6) is 0 Å². The van der Waals surface area contributed by atoms with E-state index in [1.165, 1.54) is 12.1 Å². The first-order chi connectivity index (χ1) is 11.3. The molecule has 0 fully saturated rings. The van der Waals surface area contributed by atoms with Crippen molar-refractivity contribution < 1.29 is 18.0 Å². The molecule has 1 aromatic carbocycles. The van der Waals surface area contributed by atoms with Gasteiger partial charge in [0.05, 0.1) is 17.4 Å². The molecular formula is C16H20ClF3N4O. The number of halogens is 4. The molecule has 2 N–H and O–H groups in total. The van der Waals surface area contributed by atoms with Crippen molar-refractivity contribution in [3.8, 4) is 5.69 Å². The third-order valence-corrected chi connectivity index (χ3v) is 3.40. The van der Waals surface area contributed by atoms with E-state index in [-0.39, 0.29) is 24.6 Å². The number of benzene rings is 1. The Labute approximate surface area is 150 Å². The fourth-order valence-electron chi connectivity index (χ4n) is 2.21. The summed E-state index contributed by atoms with van der Waals surface area (Å²) in [5.74, 6) is -0.793. The van der Waals surface area contributed by atoms with Gasteiger partial charge in [0.25, 0.3) is 5.91 Å². The van der Waals surface area contributed by atoms with Gasteiger partial charge in [-0.1, -0.05) is 24.6 Å². The van der Waals surface area contributed by atoms with Gasteiger partial charge in [0.2, 0.25) is 0 Å². The Hall–Kier alpha value is -2.06. The average molecular weight is 377 g/mol. The fraction of sp³-hybridized carbons (Fsp3) is 0.375. The molecule has 0 aliphatic rings. The molecule has 1 heterocycles. The van der Waals surface area contributed by atoms with Gasteiger partial charge in [0.1, 0.15) is 0 Å². The van der Waals surface area contributed by atoms with Gasteiger partial charge in [-0.25, -0.2) is 4.68 Å². The van der Waals surface area contributed by atoms with E-state index < -0.39 is 23.3 Å². The van der Waals surface area contributed by atoms with Gasteiger partial charge in [0.15, 0.2) is 5.69 Å². The summed E-state index contributed by atoms with van der Waals surface area (Å²) in [5, 5.41) is 9.21. The number of hydrogen-bond donors (Lipinski definition) is 2.